The number of hydrogen-bond donors (Lipinski definition) is 1. The van der Waals surface area contributed by atoms with Crippen molar-refractivity contribution in [1.82, 2.24) is 0 Å². The minimum absolute atomic E-state index is 0.975. The highest BCUT2D eigenvalue weighted by Crippen LogP contribution is 2.13. The summed E-state index contributed by atoms with van der Waals surface area (Å²) >= 11 is 0. The van der Waals surface area contributed by atoms with Gasteiger partial charge in [0.15, 0.2) is 5.71 Å². The van der Waals surface area contributed by atoms with Crippen LogP contribution in [0.3, 0.4) is 0 Å². The molecule has 0 unspecified atom stereocenters. The summed E-state index contributed by atoms with van der Waals surface area (Å²) in [7, 11) is 1.91. The Labute approximate surface area is 95.8 Å². The first-order valence-electron chi connectivity index (χ1n) is 5.34. The second-order valence-corrected chi connectivity index (χ2v) is 3.74. The van der Waals surface area contributed by atoms with Crippen LogP contribution in [0.15, 0.2) is 53.6 Å². The summed E-state index contributed by atoms with van der Waals surface area (Å²) in [6.45, 7) is 2.07. The third-order valence-corrected chi connectivity index (χ3v) is 2.45. The van der Waals surface area contributed by atoms with Crippen molar-refractivity contribution in [2.24, 2.45) is 4.99 Å². The molecule has 16 heavy (non-hydrogen) atoms. The molecule has 0 saturated carbocycles. The normalized spacial score (nSPS) is 14.1. The van der Waals surface area contributed by atoms with Crippen LogP contribution >= 0.6 is 0 Å². The lowest BCUT2D eigenvalue weighted by Crippen LogP contribution is -2.67. The molecule has 0 fully saturated rings. The molecule has 2 nitrogen and oxygen atoms in total. The number of hydrogen-bond acceptors (Lipinski definition) is 1. The van der Waals surface area contributed by atoms with E-state index in [1.54, 1.807) is 0 Å². The van der Waals surface area contributed by atoms with Crippen LogP contribution in [0.1, 0.15) is 5.56 Å². The van der Waals surface area contributed by atoms with E-state index in [9.17, 15) is 0 Å². The molecule has 0 saturated heterocycles. The quantitative estimate of drug-likeness (QED) is 0.679. The molecule has 80 valence electrons. The second-order valence-electron chi connectivity index (χ2n) is 3.74. The van der Waals surface area contributed by atoms with Crippen LogP contribution in [0, 0.1) is 6.92 Å². The highest BCUT2D eigenvalue weighted by Gasteiger charge is 2.01. The Hall–Kier alpha value is -1.96. The van der Waals surface area contributed by atoms with Crippen molar-refractivity contribution >= 4 is 17.1 Å². The average molecular weight is 211 g/mol. The van der Waals surface area contributed by atoms with Gasteiger partial charge < -0.3 is 0 Å². The maximum atomic E-state index is 4.53. The van der Waals surface area contributed by atoms with Gasteiger partial charge in [0.1, 0.15) is 7.05 Å². The first-order valence-corrected chi connectivity index (χ1v) is 5.34. The number of allylic oxidation sites excluding steroid dienone is 4. The van der Waals surface area contributed by atoms with Gasteiger partial charge in [0.2, 0.25) is 0 Å². The SMILES string of the molecule is C[NH+]=C1C=CC(=Nc2ccc(C)cc2)C=C1. The van der Waals surface area contributed by atoms with E-state index >= 15 is 0 Å². The molecule has 0 spiro atoms. The summed E-state index contributed by atoms with van der Waals surface area (Å²) in [5.74, 6) is 0. The van der Waals surface area contributed by atoms with Crippen LogP contribution in [0.2, 0.25) is 0 Å². The number of nitrogens with zero attached hydrogens (tertiary/aromatic N) is 1. The van der Waals surface area contributed by atoms with Gasteiger partial charge in [-0.3, -0.25) is 0 Å². The van der Waals surface area contributed by atoms with E-state index in [1.807, 2.05) is 43.5 Å². The summed E-state index contributed by atoms with van der Waals surface area (Å²) in [6, 6.07) is 8.20. The van der Waals surface area contributed by atoms with Crippen LogP contribution in [-0.4, -0.2) is 18.5 Å². The minimum atomic E-state index is 0.975. The number of aryl methyl sites for hydroxylation is 1. The van der Waals surface area contributed by atoms with Gasteiger partial charge in [-0.25, -0.2) is 9.98 Å². The second kappa shape index (κ2) is 4.71. The lowest BCUT2D eigenvalue weighted by Gasteiger charge is -1.99. The molecule has 0 aliphatic heterocycles. The van der Waals surface area contributed by atoms with Gasteiger partial charge in [-0.2, -0.15) is 0 Å². The fourth-order valence-corrected chi connectivity index (χ4v) is 1.47. The Morgan fingerprint density at radius 2 is 1.56 bits per heavy atom. The molecule has 1 aliphatic rings. The Kier molecular flexibility index (Phi) is 3.10. The van der Waals surface area contributed by atoms with Gasteiger partial charge in [0.25, 0.3) is 0 Å². The highest BCUT2D eigenvalue weighted by molar-refractivity contribution is 6.17. The predicted octanol–water partition coefficient (Wildman–Crippen LogP) is 1.34. The zero-order chi connectivity index (χ0) is 11.4. The Balaban J connectivity index is 2.21. The van der Waals surface area contributed by atoms with Crippen molar-refractivity contribution < 1.29 is 4.99 Å². The first kappa shape index (κ1) is 10.6. The molecule has 2 rings (SSSR count). The van der Waals surface area contributed by atoms with Crippen LogP contribution in [0.5, 0.6) is 0 Å². The molecule has 0 bridgehead atoms. The van der Waals surface area contributed by atoms with Crippen LogP contribution in [0.25, 0.3) is 0 Å². The van der Waals surface area contributed by atoms with E-state index in [2.05, 4.69) is 29.0 Å². The molecule has 0 aromatic heterocycles. The van der Waals surface area contributed by atoms with Crippen molar-refractivity contribution in [3.63, 3.8) is 0 Å². The minimum Gasteiger partial charge on any atom is -0.249 e. The predicted molar refractivity (Wildman–Crippen MR) is 68.4 cm³/mol. The molecule has 0 amide bonds. The van der Waals surface area contributed by atoms with Gasteiger partial charge in [-0.15, -0.1) is 0 Å². The smallest absolute Gasteiger partial charge is 0.198 e. The van der Waals surface area contributed by atoms with Gasteiger partial charge in [-0.05, 0) is 31.2 Å². The van der Waals surface area contributed by atoms with Crippen molar-refractivity contribution in [2.45, 2.75) is 6.92 Å². The summed E-state index contributed by atoms with van der Waals surface area (Å²) in [6.07, 6.45) is 8.05. The molecule has 1 aromatic rings. The lowest BCUT2D eigenvalue weighted by atomic mass is 10.1. The Morgan fingerprint density at radius 3 is 2.12 bits per heavy atom. The summed E-state index contributed by atoms with van der Waals surface area (Å²) in [5, 5.41) is 0. The van der Waals surface area contributed by atoms with Crippen molar-refractivity contribution in [1.29, 1.82) is 0 Å². The van der Waals surface area contributed by atoms with Crippen LogP contribution in [0.4, 0.5) is 5.69 Å². The van der Waals surface area contributed by atoms with E-state index < -0.39 is 0 Å². The van der Waals surface area contributed by atoms with E-state index in [-0.39, 0.29) is 0 Å². The zero-order valence-corrected chi connectivity index (χ0v) is 9.57. The molecule has 1 N–H and O–H groups in total. The van der Waals surface area contributed by atoms with Crippen molar-refractivity contribution in [2.75, 3.05) is 7.05 Å². The van der Waals surface area contributed by atoms with Crippen LogP contribution in [-0.2, 0) is 0 Å². The summed E-state index contributed by atoms with van der Waals surface area (Å²) in [5.41, 5.74) is 4.32. The van der Waals surface area contributed by atoms with Gasteiger partial charge >= 0.3 is 0 Å². The van der Waals surface area contributed by atoms with E-state index in [0.717, 1.165) is 17.1 Å². The molecular weight excluding hydrogens is 196 g/mol. The largest absolute Gasteiger partial charge is 0.249 e. The Bertz CT molecular complexity index is 470. The topological polar surface area (TPSA) is 26.3 Å². The summed E-state index contributed by atoms with van der Waals surface area (Å²) < 4.78 is 0. The van der Waals surface area contributed by atoms with Gasteiger partial charge in [0.05, 0.1) is 11.4 Å². The first-order chi connectivity index (χ1) is 7.78. The molecular formula is C14H15N2+. The third-order valence-electron chi connectivity index (χ3n) is 2.45. The maximum Gasteiger partial charge on any atom is 0.198 e. The number of aliphatic imine (C=N–C) groups is 1. The molecule has 0 heterocycles. The summed E-state index contributed by atoms with van der Waals surface area (Å²) in [4.78, 5) is 7.61. The Morgan fingerprint density at radius 1 is 0.938 bits per heavy atom. The highest BCUT2D eigenvalue weighted by atomic mass is 14.7. The molecule has 1 aliphatic carbocycles. The third kappa shape index (κ3) is 2.54. The maximum absolute atomic E-state index is 4.53. The monoisotopic (exact) mass is 211 g/mol. The zero-order valence-electron chi connectivity index (χ0n) is 9.57. The van der Waals surface area contributed by atoms with Gasteiger partial charge in [-0.1, -0.05) is 17.7 Å². The number of rotatable bonds is 1. The van der Waals surface area contributed by atoms with Gasteiger partial charge in [0, 0.05) is 12.2 Å². The number of nitrogens with one attached hydrogen (secondary N) is 1. The van der Waals surface area contributed by atoms with E-state index in [1.165, 1.54) is 5.56 Å². The fraction of sp³-hybridized carbons (Fsp3) is 0.143. The van der Waals surface area contributed by atoms with E-state index in [0.29, 0.717) is 0 Å². The average Bonchev–Trinajstić information content (AvgIpc) is 2.33. The van der Waals surface area contributed by atoms with Crippen LogP contribution < -0.4 is 4.99 Å². The molecule has 0 atom stereocenters. The van der Waals surface area contributed by atoms with Crippen molar-refractivity contribution in [3.8, 4) is 0 Å². The fourth-order valence-electron chi connectivity index (χ4n) is 1.47. The molecule has 0 radical (unpaired) electrons. The molecule has 2 heteroatoms. The van der Waals surface area contributed by atoms with E-state index in [4.69, 9.17) is 0 Å². The van der Waals surface area contributed by atoms with Crippen molar-refractivity contribution in [3.05, 3.63) is 54.1 Å². The lowest BCUT2D eigenvalue weighted by molar-refractivity contribution is -0.417. The molecule has 1 aromatic carbocycles. The standard InChI is InChI=1S/C14H14N2/c1-11-3-5-13(6-4-11)16-14-9-7-12(15-2)8-10-14/h3-10H,1-2H3/p+1. The number of benzene rings is 1.